The fraction of sp³-hybridized carbons (Fsp3) is 0.350. The van der Waals surface area contributed by atoms with E-state index in [-0.39, 0.29) is 12.5 Å². The first-order chi connectivity index (χ1) is 13.0. The lowest BCUT2D eigenvalue weighted by atomic mass is 9.95. The molecular formula is C20H22N2O4S. The van der Waals surface area contributed by atoms with Crippen LogP contribution in [0, 0.1) is 6.92 Å². The third kappa shape index (κ3) is 4.36. The topological polar surface area (TPSA) is 84.5 Å². The van der Waals surface area contributed by atoms with E-state index in [0.29, 0.717) is 16.3 Å². The largest absolute Gasteiger partial charge is 0.459 e. The van der Waals surface area contributed by atoms with Crippen molar-refractivity contribution in [2.45, 2.75) is 39.5 Å². The number of amides is 2. The number of hydrogen-bond donors (Lipinski definition) is 2. The molecule has 142 valence electrons. The van der Waals surface area contributed by atoms with E-state index in [0.717, 1.165) is 41.7 Å². The highest BCUT2D eigenvalue weighted by Gasteiger charge is 2.28. The van der Waals surface area contributed by atoms with Crippen LogP contribution >= 0.6 is 11.3 Å². The number of esters is 1. The fourth-order valence-electron chi connectivity index (χ4n) is 3.08. The summed E-state index contributed by atoms with van der Waals surface area (Å²) in [5.74, 6) is -2.09. The second-order valence-corrected chi connectivity index (χ2v) is 7.51. The average Bonchev–Trinajstić information content (AvgIpc) is 3.01. The molecule has 0 aliphatic heterocycles. The minimum Gasteiger partial charge on any atom is -0.459 e. The van der Waals surface area contributed by atoms with Crippen LogP contribution in [-0.2, 0) is 27.2 Å². The maximum atomic E-state index is 13.0. The summed E-state index contributed by atoms with van der Waals surface area (Å²) in [5.41, 5.74) is 3.20. The molecule has 0 radical (unpaired) electrons. The molecule has 0 unspecified atom stereocenters. The molecule has 2 aromatic rings. The highest BCUT2D eigenvalue weighted by Crippen LogP contribution is 2.38. The lowest BCUT2D eigenvalue weighted by Crippen LogP contribution is -2.26. The fourth-order valence-corrected chi connectivity index (χ4v) is 4.36. The van der Waals surface area contributed by atoms with E-state index >= 15 is 0 Å². The maximum Gasteiger partial charge on any atom is 0.397 e. The molecule has 0 saturated carbocycles. The molecule has 1 aliphatic carbocycles. The molecule has 0 saturated heterocycles. The first kappa shape index (κ1) is 19.1. The van der Waals surface area contributed by atoms with Crippen LogP contribution in [0.4, 0.5) is 10.7 Å². The summed E-state index contributed by atoms with van der Waals surface area (Å²) in [7, 11) is 0. The average molecular weight is 386 g/mol. The van der Waals surface area contributed by atoms with Gasteiger partial charge in [-0.15, -0.1) is 11.3 Å². The van der Waals surface area contributed by atoms with Crippen molar-refractivity contribution in [3.8, 4) is 0 Å². The van der Waals surface area contributed by atoms with Gasteiger partial charge >= 0.3 is 11.9 Å². The van der Waals surface area contributed by atoms with Gasteiger partial charge < -0.3 is 15.4 Å². The third-order valence-corrected chi connectivity index (χ3v) is 5.60. The highest BCUT2D eigenvalue weighted by atomic mass is 32.1. The van der Waals surface area contributed by atoms with Crippen LogP contribution in [0.25, 0.3) is 0 Å². The molecule has 7 heteroatoms. The second kappa shape index (κ2) is 8.35. The number of aryl methyl sites for hydroxylation is 2. The zero-order valence-corrected chi connectivity index (χ0v) is 16.2. The standard InChI is InChI=1S/C20H22N2O4S/c1-3-26-20(25)18(24)22-19-16(14-6-4-5-7-15(14)27-19)17(23)21-13-10-8-12(2)9-11-13/h8-11H,3-7H2,1-2H3,(H,21,23)(H,22,24). The quantitative estimate of drug-likeness (QED) is 0.620. The minimum atomic E-state index is -0.950. The Bertz CT molecular complexity index is 871. The predicted octanol–water partition coefficient (Wildman–Crippen LogP) is 3.69. The smallest absolute Gasteiger partial charge is 0.397 e. The molecule has 1 aromatic heterocycles. The van der Waals surface area contributed by atoms with Gasteiger partial charge in [-0.3, -0.25) is 9.59 Å². The summed E-state index contributed by atoms with van der Waals surface area (Å²) in [4.78, 5) is 37.8. The molecule has 0 bridgehead atoms. The molecule has 2 amide bonds. The Kier molecular flexibility index (Phi) is 5.91. The summed E-state index contributed by atoms with van der Waals surface area (Å²) in [5, 5.41) is 5.87. The van der Waals surface area contributed by atoms with Gasteiger partial charge in [0, 0.05) is 10.6 Å². The van der Waals surface area contributed by atoms with E-state index in [1.807, 2.05) is 31.2 Å². The van der Waals surface area contributed by atoms with Crippen molar-refractivity contribution in [3.63, 3.8) is 0 Å². The predicted molar refractivity (Wildman–Crippen MR) is 105 cm³/mol. The first-order valence-electron chi connectivity index (χ1n) is 9.00. The number of fused-ring (bicyclic) bond motifs is 1. The zero-order chi connectivity index (χ0) is 19.4. The molecule has 0 spiro atoms. The monoisotopic (exact) mass is 386 g/mol. The Morgan fingerprint density at radius 3 is 2.48 bits per heavy atom. The van der Waals surface area contributed by atoms with E-state index < -0.39 is 11.9 Å². The number of nitrogens with one attached hydrogen (secondary N) is 2. The van der Waals surface area contributed by atoms with E-state index in [1.165, 1.54) is 11.3 Å². The van der Waals surface area contributed by atoms with E-state index in [4.69, 9.17) is 4.74 Å². The van der Waals surface area contributed by atoms with E-state index in [1.54, 1.807) is 6.92 Å². The summed E-state index contributed by atoms with van der Waals surface area (Å²) in [6, 6.07) is 7.51. The van der Waals surface area contributed by atoms with Gasteiger partial charge in [0.25, 0.3) is 5.91 Å². The highest BCUT2D eigenvalue weighted by molar-refractivity contribution is 7.17. The summed E-state index contributed by atoms with van der Waals surface area (Å²) >= 11 is 1.37. The van der Waals surface area contributed by atoms with Crippen molar-refractivity contribution in [3.05, 3.63) is 45.8 Å². The van der Waals surface area contributed by atoms with Crippen molar-refractivity contribution in [1.82, 2.24) is 0 Å². The van der Waals surface area contributed by atoms with Gasteiger partial charge in [0.15, 0.2) is 0 Å². The van der Waals surface area contributed by atoms with Crippen LogP contribution in [0.15, 0.2) is 24.3 Å². The Hall–Kier alpha value is -2.67. The van der Waals surface area contributed by atoms with Crippen LogP contribution in [-0.4, -0.2) is 24.4 Å². The molecule has 27 heavy (non-hydrogen) atoms. The first-order valence-corrected chi connectivity index (χ1v) is 9.82. The lowest BCUT2D eigenvalue weighted by molar-refractivity contribution is -0.152. The summed E-state index contributed by atoms with van der Waals surface area (Å²) < 4.78 is 4.74. The Morgan fingerprint density at radius 1 is 1.07 bits per heavy atom. The van der Waals surface area contributed by atoms with Crippen molar-refractivity contribution in [1.29, 1.82) is 0 Å². The van der Waals surface area contributed by atoms with E-state index in [2.05, 4.69) is 10.6 Å². The number of carbonyl (C=O) groups excluding carboxylic acids is 3. The van der Waals surface area contributed by atoms with Crippen molar-refractivity contribution in [2.75, 3.05) is 17.2 Å². The SMILES string of the molecule is CCOC(=O)C(=O)Nc1sc2c(c1C(=O)Nc1ccc(C)cc1)CCCC2. The van der Waals surface area contributed by atoms with Gasteiger partial charge in [-0.05, 0) is 57.2 Å². The maximum absolute atomic E-state index is 13.0. The number of benzene rings is 1. The molecule has 1 heterocycles. The van der Waals surface area contributed by atoms with Gasteiger partial charge in [-0.2, -0.15) is 0 Å². The van der Waals surface area contributed by atoms with Gasteiger partial charge in [-0.25, -0.2) is 4.79 Å². The molecular weight excluding hydrogens is 364 g/mol. The van der Waals surface area contributed by atoms with Crippen LogP contribution in [0.3, 0.4) is 0 Å². The Balaban J connectivity index is 1.88. The molecule has 1 aromatic carbocycles. The third-order valence-electron chi connectivity index (χ3n) is 4.40. The van der Waals surface area contributed by atoms with Gasteiger partial charge in [-0.1, -0.05) is 17.7 Å². The summed E-state index contributed by atoms with van der Waals surface area (Å²) in [6.07, 6.45) is 3.72. The van der Waals surface area contributed by atoms with E-state index in [9.17, 15) is 14.4 Å². The van der Waals surface area contributed by atoms with Crippen LogP contribution in [0.1, 0.15) is 46.1 Å². The van der Waals surface area contributed by atoms with Crippen LogP contribution in [0.2, 0.25) is 0 Å². The Morgan fingerprint density at radius 2 is 1.78 bits per heavy atom. The number of thiophene rings is 1. The molecule has 1 aliphatic rings. The van der Waals surface area contributed by atoms with Crippen LogP contribution < -0.4 is 10.6 Å². The molecule has 3 rings (SSSR count). The van der Waals surface area contributed by atoms with Gasteiger partial charge in [0.1, 0.15) is 5.00 Å². The minimum absolute atomic E-state index is 0.119. The second-order valence-electron chi connectivity index (χ2n) is 6.41. The number of carbonyl (C=O) groups is 3. The molecule has 0 fully saturated rings. The van der Waals surface area contributed by atoms with Crippen molar-refractivity contribution < 1.29 is 19.1 Å². The molecule has 2 N–H and O–H groups in total. The number of hydrogen-bond acceptors (Lipinski definition) is 5. The number of anilines is 2. The summed E-state index contributed by atoms with van der Waals surface area (Å²) in [6.45, 7) is 3.73. The number of rotatable bonds is 4. The van der Waals surface area contributed by atoms with Crippen molar-refractivity contribution >= 4 is 39.8 Å². The van der Waals surface area contributed by atoms with Crippen LogP contribution in [0.5, 0.6) is 0 Å². The van der Waals surface area contributed by atoms with Crippen molar-refractivity contribution in [2.24, 2.45) is 0 Å². The molecule has 6 nitrogen and oxygen atoms in total. The Labute approximate surface area is 161 Å². The zero-order valence-electron chi connectivity index (χ0n) is 15.4. The van der Waals surface area contributed by atoms with Gasteiger partial charge in [0.05, 0.1) is 12.2 Å². The number of ether oxygens (including phenoxy) is 1. The lowest BCUT2D eigenvalue weighted by Gasteiger charge is -2.13. The molecule has 0 atom stereocenters. The normalized spacial score (nSPS) is 12.8. The van der Waals surface area contributed by atoms with Gasteiger partial charge in [0.2, 0.25) is 0 Å².